The molecule has 1 aromatic carbocycles. The van der Waals surface area contributed by atoms with Crippen LogP contribution in [-0.2, 0) is 9.53 Å². The third-order valence-corrected chi connectivity index (χ3v) is 2.43. The van der Waals surface area contributed by atoms with Crippen LogP contribution in [0.1, 0.15) is 15.9 Å². The van der Waals surface area contributed by atoms with Crippen LogP contribution >= 0.6 is 0 Å². The smallest absolute Gasteiger partial charge is 0.341 e. The Morgan fingerprint density at radius 3 is 3.00 bits per heavy atom. The SMILES string of the molecule is C=Cc1ccc(C(=O)OC)c2c1NC(=O)CO2. The number of hydrogen-bond acceptors (Lipinski definition) is 4. The minimum atomic E-state index is -0.506. The molecule has 1 amide bonds. The van der Waals surface area contributed by atoms with Crippen LogP contribution in [-0.4, -0.2) is 25.6 Å². The van der Waals surface area contributed by atoms with Gasteiger partial charge in [-0.3, -0.25) is 4.79 Å². The van der Waals surface area contributed by atoms with E-state index in [0.29, 0.717) is 17.0 Å². The molecule has 88 valence electrons. The Morgan fingerprint density at radius 2 is 2.35 bits per heavy atom. The zero-order valence-corrected chi connectivity index (χ0v) is 9.28. The average Bonchev–Trinajstić information content (AvgIpc) is 2.36. The molecule has 0 saturated heterocycles. The maximum absolute atomic E-state index is 11.5. The number of hydrogen-bond donors (Lipinski definition) is 1. The summed E-state index contributed by atoms with van der Waals surface area (Å²) in [4.78, 5) is 22.8. The number of carbonyl (C=O) groups is 2. The van der Waals surface area contributed by atoms with Crippen molar-refractivity contribution in [1.82, 2.24) is 0 Å². The predicted molar refractivity (Wildman–Crippen MR) is 62.0 cm³/mol. The van der Waals surface area contributed by atoms with E-state index in [1.165, 1.54) is 7.11 Å². The van der Waals surface area contributed by atoms with Gasteiger partial charge in [0.2, 0.25) is 0 Å². The fraction of sp³-hybridized carbons (Fsp3) is 0.167. The molecule has 0 spiro atoms. The molecular formula is C12H11NO4. The number of benzene rings is 1. The number of rotatable bonds is 2. The first-order valence-electron chi connectivity index (χ1n) is 4.97. The Balaban J connectivity index is 2.59. The van der Waals surface area contributed by atoms with Crippen LogP contribution < -0.4 is 10.1 Å². The highest BCUT2D eigenvalue weighted by Crippen LogP contribution is 2.35. The second-order valence-corrected chi connectivity index (χ2v) is 3.44. The molecule has 1 N–H and O–H groups in total. The summed E-state index contributed by atoms with van der Waals surface area (Å²) in [6.45, 7) is 3.52. The highest BCUT2D eigenvalue weighted by Gasteiger charge is 2.24. The molecule has 0 aromatic heterocycles. The molecule has 17 heavy (non-hydrogen) atoms. The Labute approximate surface area is 98.0 Å². The van der Waals surface area contributed by atoms with Crippen LogP contribution in [0.25, 0.3) is 6.08 Å². The highest BCUT2D eigenvalue weighted by atomic mass is 16.5. The summed E-state index contributed by atoms with van der Waals surface area (Å²) in [5.74, 6) is -0.440. The van der Waals surface area contributed by atoms with Gasteiger partial charge in [0.05, 0.1) is 12.8 Å². The molecule has 5 heteroatoms. The minimum absolute atomic E-state index is 0.114. The van der Waals surface area contributed by atoms with Crippen molar-refractivity contribution < 1.29 is 19.1 Å². The molecule has 1 aliphatic heterocycles. The van der Waals surface area contributed by atoms with Gasteiger partial charge in [0, 0.05) is 5.56 Å². The van der Waals surface area contributed by atoms with Crippen molar-refractivity contribution in [3.8, 4) is 5.75 Å². The maximum atomic E-state index is 11.5. The predicted octanol–water partition coefficient (Wildman–Crippen LogP) is 1.45. The van der Waals surface area contributed by atoms with Crippen LogP contribution in [0.15, 0.2) is 18.7 Å². The highest BCUT2D eigenvalue weighted by molar-refractivity contribution is 6.03. The van der Waals surface area contributed by atoms with Crippen molar-refractivity contribution >= 4 is 23.6 Å². The summed E-state index contributed by atoms with van der Waals surface area (Å²) in [5, 5.41) is 2.66. The molecule has 2 rings (SSSR count). The van der Waals surface area contributed by atoms with E-state index < -0.39 is 5.97 Å². The van der Waals surface area contributed by atoms with E-state index in [2.05, 4.69) is 16.6 Å². The van der Waals surface area contributed by atoms with Crippen molar-refractivity contribution in [2.45, 2.75) is 0 Å². The first-order chi connectivity index (χ1) is 8.17. The molecule has 0 bridgehead atoms. The number of anilines is 1. The summed E-state index contributed by atoms with van der Waals surface area (Å²) in [6, 6.07) is 3.26. The Bertz CT molecular complexity index is 507. The van der Waals surface area contributed by atoms with E-state index in [-0.39, 0.29) is 18.1 Å². The molecule has 0 fully saturated rings. The van der Waals surface area contributed by atoms with Crippen molar-refractivity contribution in [3.63, 3.8) is 0 Å². The normalized spacial score (nSPS) is 13.1. The summed E-state index contributed by atoms with van der Waals surface area (Å²) in [5.41, 5.74) is 1.44. The van der Waals surface area contributed by atoms with E-state index >= 15 is 0 Å². The van der Waals surface area contributed by atoms with Crippen molar-refractivity contribution in [2.24, 2.45) is 0 Å². The van der Waals surface area contributed by atoms with Gasteiger partial charge in [-0.25, -0.2) is 4.79 Å². The van der Waals surface area contributed by atoms with Crippen LogP contribution in [0.4, 0.5) is 5.69 Å². The Morgan fingerprint density at radius 1 is 1.59 bits per heavy atom. The minimum Gasteiger partial charge on any atom is -0.481 e. The molecular weight excluding hydrogens is 222 g/mol. The molecule has 0 unspecified atom stereocenters. The lowest BCUT2D eigenvalue weighted by Gasteiger charge is -2.21. The fourth-order valence-corrected chi connectivity index (χ4v) is 1.63. The summed E-state index contributed by atoms with van der Waals surface area (Å²) < 4.78 is 9.92. The number of ether oxygens (including phenoxy) is 2. The summed E-state index contributed by atoms with van der Waals surface area (Å²) >= 11 is 0. The Hall–Kier alpha value is -2.30. The fourth-order valence-electron chi connectivity index (χ4n) is 1.63. The molecule has 0 atom stereocenters. The zero-order valence-electron chi connectivity index (χ0n) is 9.28. The number of esters is 1. The van der Waals surface area contributed by atoms with Gasteiger partial charge < -0.3 is 14.8 Å². The monoisotopic (exact) mass is 233 g/mol. The van der Waals surface area contributed by atoms with E-state index in [1.807, 2.05) is 0 Å². The van der Waals surface area contributed by atoms with Gasteiger partial charge in [0.25, 0.3) is 5.91 Å². The van der Waals surface area contributed by atoms with Gasteiger partial charge in [0.15, 0.2) is 12.4 Å². The van der Waals surface area contributed by atoms with Crippen LogP contribution in [0.3, 0.4) is 0 Å². The van der Waals surface area contributed by atoms with E-state index in [4.69, 9.17) is 4.74 Å². The molecule has 0 aliphatic carbocycles. The molecule has 0 radical (unpaired) electrons. The van der Waals surface area contributed by atoms with Gasteiger partial charge in [-0.2, -0.15) is 0 Å². The number of methoxy groups -OCH3 is 1. The third-order valence-electron chi connectivity index (χ3n) is 2.43. The van der Waals surface area contributed by atoms with Crippen molar-refractivity contribution in [2.75, 3.05) is 19.0 Å². The topological polar surface area (TPSA) is 64.6 Å². The number of carbonyl (C=O) groups excluding carboxylic acids is 2. The van der Waals surface area contributed by atoms with Gasteiger partial charge in [0.1, 0.15) is 5.56 Å². The number of amides is 1. The largest absolute Gasteiger partial charge is 0.481 e. The maximum Gasteiger partial charge on any atom is 0.341 e. The second-order valence-electron chi connectivity index (χ2n) is 3.44. The quantitative estimate of drug-likeness (QED) is 0.785. The van der Waals surface area contributed by atoms with Crippen molar-refractivity contribution in [1.29, 1.82) is 0 Å². The van der Waals surface area contributed by atoms with Crippen LogP contribution in [0.2, 0.25) is 0 Å². The molecule has 5 nitrogen and oxygen atoms in total. The lowest BCUT2D eigenvalue weighted by molar-refractivity contribution is -0.118. The lowest BCUT2D eigenvalue weighted by Crippen LogP contribution is -2.27. The van der Waals surface area contributed by atoms with Crippen molar-refractivity contribution in [3.05, 3.63) is 29.8 Å². The van der Waals surface area contributed by atoms with E-state index in [0.717, 1.165) is 0 Å². The molecule has 1 heterocycles. The first kappa shape index (κ1) is 11.2. The average molecular weight is 233 g/mol. The first-order valence-corrected chi connectivity index (χ1v) is 4.97. The summed E-state index contributed by atoms with van der Waals surface area (Å²) in [7, 11) is 1.29. The molecule has 1 aliphatic rings. The standard InChI is InChI=1S/C12H11NO4/c1-3-7-4-5-8(12(15)16-2)11-10(7)13-9(14)6-17-11/h3-5H,1,6H2,2H3,(H,13,14). The zero-order chi connectivity index (χ0) is 12.4. The number of nitrogens with one attached hydrogen (secondary N) is 1. The van der Waals surface area contributed by atoms with Gasteiger partial charge in [-0.15, -0.1) is 0 Å². The lowest BCUT2D eigenvalue weighted by atomic mass is 10.1. The van der Waals surface area contributed by atoms with Gasteiger partial charge in [-0.1, -0.05) is 18.7 Å². The van der Waals surface area contributed by atoms with Gasteiger partial charge >= 0.3 is 5.97 Å². The van der Waals surface area contributed by atoms with Crippen LogP contribution in [0, 0.1) is 0 Å². The van der Waals surface area contributed by atoms with Crippen LogP contribution in [0.5, 0.6) is 5.75 Å². The second kappa shape index (κ2) is 4.29. The van der Waals surface area contributed by atoms with Gasteiger partial charge in [-0.05, 0) is 6.07 Å². The van der Waals surface area contributed by atoms with E-state index in [1.54, 1.807) is 18.2 Å². The molecule has 1 aromatic rings. The van der Waals surface area contributed by atoms with E-state index in [9.17, 15) is 9.59 Å². The summed E-state index contributed by atoms with van der Waals surface area (Å²) in [6.07, 6.45) is 1.58. The Kier molecular flexibility index (Phi) is 2.82. The third kappa shape index (κ3) is 1.87. The molecule has 0 saturated carbocycles. The number of fused-ring (bicyclic) bond motifs is 1.